The molecule has 0 radical (unpaired) electrons. The number of likely N-dealkylation sites (tertiary alicyclic amines) is 1. The van der Waals surface area contributed by atoms with Gasteiger partial charge in [-0.1, -0.05) is 17.7 Å². The van der Waals surface area contributed by atoms with Crippen LogP contribution in [0.5, 0.6) is 0 Å². The van der Waals surface area contributed by atoms with Gasteiger partial charge >= 0.3 is 0 Å². The first kappa shape index (κ1) is 15.0. The van der Waals surface area contributed by atoms with Gasteiger partial charge in [-0.15, -0.1) is 0 Å². The van der Waals surface area contributed by atoms with Crippen LogP contribution in [0.3, 0.4) is 0 Å². The Labute approximate surface area is 122 Å². The van der Waals surface area contributed by atoms with E-state index in [-0.39, 0.29) is 5.91 Å². The SMILES string of the molecule is Cc1cc(C)c(C(=O)NCC[NH+]2CCCCC2)c(C)c1. The van der Waals surface area contributed by atoms with Gasteiger partial charge in [-0.05, 0) is 51.2 Å². The summed E-state index contributed by atoms with van der Waals surface area (Å²) in [5, 5.41) is 3.09. The van der Waals surface area contributed by atoms with Gasteiger partial charge in [0.15, 0.2) is 0 Å². The molecule has 2 rings (SSSR count). The van der Waals surface area contributed by atoms with E-state index in [2.05, 4.69) is 24.4 Å². The number of quaternary nitrogens is 1. The molecule has 1 heterocycles. The third kappa shape index (κ3) is 3.83. The summed E-state index contributed by atoms with van der Waals surface area (Å²) >= 11 is 0. The predicted octanol–water partition coefficient (Wildman–Crippen LogP) is 1.41. The fourth-order valence-corrected chi connectivity index (χ4v) is 3.28. The van der Waals surface area contributed by atoms with Gasteiger partial charge < -0.3 is 10.2 Å². The van der Waals surface area contributed by atoms with E-state index in [4.69, 9.17) is 0 Å². The molecule has 3 heteroatoms. The Kier molecular flexibility index (Phi) is 5.18. The Bertz CT molecular complexity index is 453. The van der Waals surface area contributed by atoms with Crippen molar-refractivity contribution in [3.05, 3.63) is 34.4 Å². The van der Waals surface area contributed by atoms with Crippen LogP contribution in [0.15, 0.2) is 12.1 Å². The number of rotatable bonds is 4. The fourth-order valence-electron chi connectivity index (χ4n) is 3.28. The van der Waals surface area contributed by atoms with E-state index in [0.717, 1.165) is 29.8 Å². The van der Waals surface area contributed by atoms with Gasteiger partial charge in [-0.3, -0.25) is 4.79 Å². The van der Waals surface area contributed by atoms with Crippen molar-refractivity contribution >= 4 is 5.91 Å². The summed E-state index contributed by atoms with van der Waals surface area (Å²) in [6.45, 7) is 10.5. The van der Waals surface area contributed by atoms with Crippen molar-refractivity contribution in [2.45, 2.75) is 40.0 Å². The average Bonchev–Trinajstić information content (AvgIpc) is 2.38. The summed E-state index contributed by atoms with van der Waals surface area (Å²) < 4.78 is 0. The van der Waals surface area contributed by atoms with E-state index in [1.165, 1.54) is 37.9 Å². The third-order valence-corrected chi connectivity index (χ3v) is 4.23. The van der Waals surface area contributed by atoms with Crippen molar-refractivity contribution in [1.29, 1.82) is 0 Å². The Morgan fingerprint density at radius 1 is 1.10 bits per heavy atom. The smallest absolute Gasteiger partial charge is 0.252 e. The van der Waals surface area contributed by atoms with Gasteiger partial charge in [0.1, 0.15) is 0 Å². The maximum absolute atomic E-state index is 12.3. The molecule has 1 amide bonds. The molecule has 0 bridgehead atoms. The molecule has 1 aromatic rings. The maximum atomic E-state index is 12.3. The zero-order chi connectivity index (χ0) is 14.5. The standard InChI is InChI=1S/C17H26N2O/c1-13-11-14(2)16(15(3)12-13)17(20)18-7-10-19-8-5-4-6-9-19/h11-12H,4-10H2,1-3H3,(H,18,20)/p+1. The summed E-state index contributed by atoms with van der Waals surface area (Å²) in [7, 11) is 0. The van der Waals surface area contributed by atoms with Crippen LogP contribution in [0.25, 0.3) is 0 Å². The molecule has 1 fully saturated rings. The topological polar surface area (TPSA) is 33.5 Å². The minimum atomic E-state index is 0.0800. The lowest BCUT2D eigenvalue weighted by Gasteiger charge is -2.23. The van der Waals surface area contributed by atoms with E-state index in [1.54, 1.807) is 4.90 Å². The third-order valence-electron chi connectivity index (χ3n) is 4.23. The lowest BCUT2D eigenvalue weighted by Crippen LogP contribution is -3.13. The van der Waals surface area contributed by atoms with E-state index in [9.17, 15) is 4.79 Å². The quantitative estimate of drug-likeness (QED) is 0.856. The molecule has 0 unspecified atom stereocenters. The Hall–Kier alpha value is -1.35. The molecule has 1 aliphatic rings. The van der Waals surface area contributed by atoms with Gasteiger partial charge in [0.25, 0.3) is 5.91 Å². The number of benzene rings is 1. The Balaban J connectivity index is 1.88. The van der Waals surface area contributed by atoms with Gasteiger partial charge in [0, 0.05) is 5.56 Å². The molecule has 3 nitrogen and oxygen atoms in total. The molecule has 2 N–H and O–H groups in total. The fraction of sp³-hybridized carbons (Fsp3) is 0.588. The molecule has 0 aromatic heterocycles. The van der Waals surface area contributed by atoms with Crippen LogP contribution >= 0.6 is 0 Å². The first-order valence-corrected chi connectivity index (χ1v) is 7.77. The van der Waals surface area contributed by atoms with E-state index in [0.29, 0.717) is 0 Å². The number of hydrogen-bond donors (Lipinski definition) is 2. The second kappa shape index (κ2) is 6.89. The zero-order valence-electron chi connectivity index (χ0n) is 13.0. The number of amides is 1. The molecular formula is C17H27N2O+. The van der Waals surface area contributed by atoms with Crippen LogP contribution < -0.4 is 10.2 Å². The summed E-state index contributed by atoms with van der Waals surface area (Å²) in [5.74, 6) is 0.0800. The highest BCUT2D eigenvalue weighted by Crippen LogP contribution is 2.15. The minimum Gasteiger partial charge on any atom is -0.346 e. The highest BCUT2D eigenvalue weighted by molar-refractivity contribution is 5.97. The van der Waals surface area contributed by atoms with Crippen molar-refractivity contribution < 1.29 is 9.69 Å². The van der Waals surface area contributed by atoms with Crippen LogP contribution in [-0.2, 0) is 0 Å². The number of aryl methyl sites for hydroxylation is 3. The van der Waals surface area contributed by atoms with E-state index >= 15 is 0 Å². The van der Waals surface area contributed by atoms with Crippen molar-refractivity contribution in [3.63, 3.8) is 0 Å². The molecule has 110 valence electrons. The van der Waals surface area contributed by atoms with Crippen LogP contribution in [0, 0.1) is 20.8 Å². The zero-order valence-corrected chi connectivity index (χ0v) is 13.0. The molecular weight excluding hydrogens is 248 g/mol. The molecule has 1 aromatic carbocycles. The molecule has 1 saturated heterocycles. The monoisotopic (exact) mass is 275 g/mol. The second-order valence-corrected chi connectivity index (χ2v) is 6.09. The molecule has 1 aliphatic heterocycles. The lowest BCUT2D eigenvalue weighted by atomic mass is 9.99. The van der Waals surface area contributed by atoms with Crippen molar-refractivity contribution in [3.8, 4) is 0 Å². The molecule has 20 heavy (non-hydrogen) atoms. The van der Waals surface area contributed by atoms with Gasteiger partial charge in [-0.25, -0.2) is 0 Å². The highest BCUT2D eigenvalue weighted by atomic mass is 16.1. The molecule has 0 atom stereocenters. The summed E-state index contributed by atoms with van der Waals surface area (Å²) in [5.41, 5.74) is 4.22. The summed E-state index contributed by atoms with van der Waals surface area (Å²) in [6.07, 6.45) is 4.04. The predicted molar refractivity (Wildman–Crippen MR) is 82.4 cm³/mol. The largest absolute Gasteiger partial charge is 0.346 e. The average molecular weight is 275 g/mol. The lowest BCUT2D eigenvalue weighted by molar-refractivity contribution is -0.903. The normalized spacial score (nSPS) is 16.1. The van der Waals surface area contributed by atoms with Gasteiger partial charge in [0.2, 0.25) is 0 Å². The molecule has 0 spiro atoms. The van der Waals surface area contributed by atoms with Gasteiger partial charge in [0.05, 0.1) is 26.2 Å². The Morgan fingerprint density at radius 2 is 1.70 bits per heavy atom. The van der Waals surface area contributed by atoms with Crippen LogP contribution in [-0.4, -0.2) is 32.1 Å². The van der Waals surface area contributed by atoms with Crippen molar-refractivity contribution in [1.82, 2.24) is 5.32 Å². The van der Waals surface area contributed by atoms with Gasteiger partial charge in [-0.2, -0.15) is 0 Å². The van der Waals surface area contributed by atoms with Crippen LogP contribution in [0.2, 0.25) is 0 Å². The van der Waals surface area contributed by atoms with Crippen LogP contribution in [0.4, 0.5) is 0 Å². The number of carbonyl (C=O) groups excluding carboxylic acids is 1. The van der Waals surface area contributed by atoms with E-state index < -0.39 is 0 Å². The number of carbonyl (C=O) groups is 1. The van der Waals surface area contributed by atoms with Crippen molar-refractivity contribution in [2.24, 2.45) is 0 Å². The Morgan fingerprint density at radius 3 is 2.30 bits per heavy atom. The molecule has 0 saturated carbocycles. The maximum Gasteiger partial charge on any atom is 0.252 e. The highest BCUT2D eigenvalue weighted by Gasteiger charge is 2.15. The number of piperidine rings is 1. The summed E-state index contributed by atoms with van der Waals surface area (Å²) in [4.78, 5) is 14.0. The minimum absolute atomic E-state index is 0.0800. The first-order chi connectivity index (χ1) is 9.58. The number of hydrogen-bond acceptors (Lipinski definition) is 1. The van der Waals surface area contributed by atoms with Crippen molar-refractivity contribution in [2.75, 3.05) is 26.2 Å². The first-order valence-electron chi connectivity index (χ1n) is 7.77. The number of nitrogens with one attached hydrogen (secondary N) is 2. The van der Waals surface area contributed by atoms with Crippen LogP contribution in [0.1, 0.15) is 46.3 Å². The summed E-state index contributed by atoms with van der Waals surface area (Å²) in [6, 6.07) is 4.16. The molecule has 0 aliphatic carbocycles. The van der Waals surface area contributed by atoms with E-state index in [1.807, 2.05) is 13.8 Å². The second-order valence-electron chi connectivity index (χ2n) is 6.09.